The molecule has 0 aliphatic carbocycles. The molecular weight excluding hydrogens is 237 g/mol. The number of carboxylic acid groups (broad SMARTS) is 1. The minimum absolute atomic E-state index is 0.585. The molecule has 1 aromatic carbocycles. The zero-order valence-electron chi connectivity index (χ0n) is 7.92. The van der Waals surface area contributed by atoms with Crippen molar-refractivity contribution in [1.29, 1.82) is 0 Å². The third-order valence-corrected chi connectivity index (χ3v) is 2.32. The van der Waals surface area contributed by atoms with Gasteiger partial charge in [0.1, 0.15) is 0 Å². The van der Waals surface area contributed by atoms with Crippen LogP contribution < -0.4 is 0 Å². The predicted molar refractivity (Wildman–Crippen MR) is 61.6 cm³/mol. The summed E-state index contributed by atoms with van der Waals surface area (Å²) in [5.41, 5.74) is 1.01. The third-order valence-electron chi connectivity index (χ3n) is 1.59. The molecule has 80 valence electrons. The Labute approximate surface area is 96.6 Å². The number of aromatic amines is 1. The van der Waals surface area contributed by atoms with Crippen molar-refractivity contribution in [3.8, 4) is 0 Å². The topological polar surface area (TPSA) is 53.1 Å². The van der Waals surface area contributed by atoms with Crippen molar-refractivity contribution in [3.05, 3.63) is 34.4 Å². The Morgan fingerprint density at radius 2 is 1.87 bits per heavy atom. The van der Waals surface area contributed by atoms with Crippen molar-refractivity contribution in [3.63, 3.8) is 0 Å². The van der Waals surface area contributed by atoms with Gasteiger partial charge in [-0.3, -0.25) is 4.79 Å². The number of aromatic nitrogens is 1. The zero-order valence-corrected chi connectivity index (χ0v) is 9.43. The lowest BCUT2D eigenvalue weighted by Gasteiger charge is -1.94. The smallest absolute Gasteiger partial charge is 0.300 e. The summed E-state index contributed by atoms with van der Waals surface area (Å²) >= 11 is 11.6. The largest absolute Gasteiger partial charge is 0.481 e. The Balaban J connectivity index is 0.000000245. The fourth-order valence-corrected chi connectivity index (χ4v) is 1.38. The molecule has 0 aliphatic rings. The van der Waals surface area contributed by atoms with Crippen LogP contribution in [0.15, 0.2) is 24.4 Å². The van der Waals surface area contributed by atoms with Crippen LogP contribution in [0.4, 0.5) is 0 Å². The van der Waals surface area contributed by atoms with Gasteiger partial charge in [0.05, 0.1) is 10.0 Å². The maximum atomic E-state index is 9.00. The molecule has 5 heteroatoms. The normalized spacial score (nSPS) is 9.53. The van der Waals surface area contributed by atoms with Crippen LogP contribution in [0.1, 0.15) is 6.92 Å². The highest BCUT2D eigenvalue weighted by atomic mass is 35.5. The molecule has 0 bridgehead atoms. The van der Waals surface area contributed by atoms with E-state index >= 15 is 0 Å². The Morgan fingerprint density at radius 3 is 2.47 bits per heavy atom. The number of rotatable bonds is 0. The van der Waals surface area contributed by atoms with Crippen molar-refractivity contribution < 1.29 is 9.90 Å². The summed E-state index contributed by atoms with van der Waals surface area (Å²) in [4.78, 5) is 12.0. The molecule has 0 fully saturated rings. The maximum absolute atomic E-state index is 9.00. The molecule has 2 N–H and O–H groups in total. The highest BCUT2D eigenvalue weighted by Gasteiger charge is 1.99. The predicted octanol–water partition coefficient (Wildman–Crippen LogP) is 3.57. The average Bonchev–Trinajstić information content (AvgIpc) is 2.51. The molecule has 0 atom stereocenters. The molecule has 0 radical (unpaired) electrons. The average molecular weight is 246 g/mol. The molecule has 0 amide bonds. The van der Waals surface area contributed by atoms with E-state index in [4.69, 9.17) is 33.1 Å². The van der Waals surface area contributed by atoms with Gasteiger partial charge in [0, 0.05) is 24.0 Å². The van der Waals surface area contributed by atoms with Gasteiger partial charge in [-0.15, -0.1) is 0 Å². The van der Waals surface area contributed by atoms with Crippen LogP contribution in [-0.4, -0.2) is 16.1 Å². The Bertz CT molecular complexity index is 439. The first kappa shape index (κ1) is 11.9. The van der Waals surface area contributed by atoms with Crippen LogP contribution in [0.2, 0.25) is 10.0 Å². The van der Waals surface area contributed by atoms with E-state index < -0.39 is 5.97 Å². The van der Waals surface area contributed by atoms with Crippen LogP contribution in [0.3, 0.4) is 0 Å². The lowest BCUT2D eigenvalue weighted by molar-refractivity contribution is -0.134. The number of carbonyl (C=O) groups is 1. The van der Waals surface area contributed by atoms with Gasteiger partial charge < -0.3 is 10.1 Å². The van der Waals surface area contributed by atoms with Gasteiger partial charge in [-0.2, -0.15) is 0 Å². The lowest BCUT2D eigenvalue weighted by atomic mass is 10.2. The van der Waals surface area contributed by atoms with Crippen LogP contribution in [-0.2, 0) is 4.79 Å². The number of halogens is 2. The summed E-state index contributed by atoms with van der Waals surface area (Å²) in [5.74, 6) is -0.833. The SMILES string of the molecule is CC(=O)O.Clc1cc2cc[nH]c2cc1Cl. The minimum atomic E-state index is -0.833. The summed E-state index contributed by atoms with van der Waals surface area (Å²) in [6.07, 6.45) is 1.86. The summed E-state index contributed by atoms with van der Waals surface area (Å²) in [6, 6.07) is 5.62. The van der Waals surface area contributed by atoms with E-state index in [1.807, 2.05) is 24.4 Å². The van der Waals surface area contributed by atoms with Gasteiger partial charge in [-0.25, -0.2) is 0 Å². The fraction of sp³-hybridized carbons (Fsp3) is 0.100. The Morgan fingerprint density at radius 1 is 1.33 bits per heavy atom. The number of hydrogen-bond donors (Lipinski definition) is 2. The first-order valence-corrected chi connectivity index (χ1v) is 4.88. The van der Waals surface area contributed by atoms with Gasteiger partial charge in [0.15, 0.2) is 0 Å². The van der Waals surface area contributed by atoms with Gasteiger partial charge >= 0.3 is 0 Å². The summed E-state index contributed by atoms with van der Waals surface area (Å²) < 4.78 is 0. The van der Waals surface area contributed by atoms with Crippen LogP contribution in [0.25, 0.3) is 10.9 Å². The van der Waals surface area contributed by atoms with E-state index in [0.717, 1.165) is 17.8 Å². The summed E-state index contributed by atoms with van der Waals surface area (Å²) in [5, 5.41) is 9.68. The molecule has 0 spiro atoms. The first-order valence-electron chi connectivity index (χ1n) is 4.12. The summed E-state index contributed by atoms with van der Waals surface area (Å²) in [6.45, 7) is 1.08. The second-order valence-electron chi connectivity index (χ2n) is 2.85. The number of carboxylic acids is 1. The summed E-state index contributed by atoms with van der Waals surface area (Å²) in [7, 11) is 0. The number of H-pyrrole nitrogens is 1. The van der Waals surface area contributed by atoms with Gasteiger partial charge in [0.2, 0.25) is 0 Å². The number of nitrogens with one attached hydrogen (secondary N) is 1. The molecule has 3 nitrogen and oxygen atoms in total. The van der Waals surface area contributed by atoms with Crippen molar-refractivity contribution in [2.45, 2.75) is 6.92 Å². The van der Waals surface area contributed by atoms with Crippen molar-refractivity contribution in [1.82, 2.24) is 4.98 Å². The highest BCUT2D eigenvalue weighted by molar-refractivity contribution is 6.42. The molecule has 1 heterocycles. The van der Waals surface area contributed by atoms with Crippen LogP contribution >= 0.6 is 23.2 Å². The van der Waals surface area contributed by atoms with Gasteiger partial charge in [-0.05, 0) is 18.2 Å². The molecule has 0 saturated carbocycles. The van der Waals surface area contributed by atoms with Crippen molar-refractivity contribution in [2.24, 2.45) is 0 Å². The van der Waals surface area contributed by atoms with Crippen LogP contribution in [0, 0.1) is 0 Å². The molecule has 0 saturated heterocycles. The fourth-order valence-electron chi connectivity index (χ4n) is 1.05. The standard InChI is InChI=1S/C8H5Cl2N.C2H4O2/c9-6-3-5-1-2-11-8(5)4-7(6)10;1-2(3)4/h1-4,11H;1H3,(H,3,4). The Hall–Kier alpha value is -1.19. The first-order chi connectivity index (χ1) is 7.00. The zero-order chi connectivity index (χ0) is 11.4. The lowest BCUT2D eigenvalue weighted by Crippen LogP contribution is -1.78. The quantitative estimate of drug-likeness (QED) is 0.746. The number of fused-ring (bicyclic) bond motifs is 1. The monoisotopic (exact) mass is 245 g/mol. The second kappa shape index (κ2) is 5.05. The van der Waals surface area contributed by atoms with Gasteiger partial charge in [0.25, 0.3) is 5.97 Å². The molecule has 2 aromatic rings. The molecule has 2 rings (SSSR count). The molecular formula is C10H9Cl2NO2. The Kier molecular flexibility index (Phi) is 4.00. The highest BCUT2D eigenvalue weighted by Crippen LogP contribution is 2.26. The number of benzene rings is 1. The maximum Gasteiger partial charge on any atom is 0.300 e. The minimum Gasteiger partial charge on any atom is -0.481 e. The van der Waals surface area contributed by atoms with Gasteiger partial charge in [-0.1, -0.05) is 23.2 Å². The molecule has 1 aromatic heterocycles. The van der Waals surface area contributed by atoms with E-state index in [1.54, 1.807) is 0 Å². The second-order valence-corrected chi connectivity index (χ2v) is 3.66. The van der Waals surface area contributed by atoms with Crippen molar-refractivity contribution in [2.75, 3.05) is 0 Å². The number of aliphatic carboxylic acids is 1. The van der Waals surface area contributed by atoms with Crippen LogP contribution in [0.5, 0.6) is 0 Å². The van der Waals surface area contributed by atoms with E-state index in [2.05, 4.69) is 4.98 Å². The third kappa shape index (κ3) is 3.46. The number of hydrogen-bond acceptors (Lipinski definition) is 1. The molecule has 15 heavy (non-hydrogen) atoms. The van der Waals surface area contributed by atoms with E-state index in [9.17, 15) is 0 Å². The van der Waals surface area contributed by atoms with E-state index in [1.165, 1.54) is 0 Å². The van der Waals surface area contributed by atoms with Crippen molar-refractivity contribution >= 4 is 40.1 Å². The van der Waals surface area contributed by atoms with E-state index in [0.29, 0.717) is 10.0 Å². The molecule has 0 aliphatic heterocycles. The molecule has 0 unspecified atom stereocenters. The van der Waals surface area contributed by atoms with E-state index in [-0.39, 0.29) is 0 Å².